The number of aromatic carboxylic acids is 1. The van der Waals surface area contributed by atoms with Crippen LogP contribution in [0.15, 0.2) is 66.7 Å². The summed E-state index contributed by atoms with van der Waals surface area (Å²) < 4.78 is 6.18. The first kappa shape index (κ1) is 19.9. The molecule has 0 aromatic heterocycles. The van der Waals surface area contributed by atoms with Crippen LogP contribution in [0.3, 0.4) is 0 Å². The van der Waals surface area contributed by atoms with E-state index in [1.165, 1.54) is 0 Å². The lowest BCUT2D eigenvalue weighted by Gasteiger charge is -2.26. The summed E-state index contributed by atoms with van der Waals surface area (Å²) >= 11 is 0. The second kappa shape index (κ2) is 8.93. The predicted molar refractivity (Wildman–Crippen MR) is 112 cm³/mol. The van der Waals surface area contributed by atoms with Gasteiger partial charge in [0, 0.05) is 12.3 Å². The highest BCUT2D eigenvalue weighted by Crippen LogP contribution is 2.46. The summed E-state index contributed by atoms with van der Waals surface area (Å²) in [5.74, 6) is -0.0946. The Kier molecular flexibility index (Phi) is 6.12. The molecule has 0 saturated carbocycles. The van der Waals surface area contributed by atoms with Crippen LogP contribution < -0.4 is 0 Å². The summed E-state index contributed by atoms with van der Waals surface area (Å²) in [6.07, 6.45) is 8.96. The fourth-order valence-corrected chi connectivity index (χ4v) is 4.78. The van der Waals surface area contributed by atoms with Gasteiger partial charge in [-0.2, -0.15) is 0 Å². The van der Waals surface area contributed by atoms with Gasteiger partial charge in [-0.05, 0) is 54.9 Å². The van der Waals surface area contributed by atoms with E-state index in [2.05, 4.69) is 6.08 Å². The van der Waals surface area contributed by atoms with Crippen molar-refractivity contribution < 1.29 is 19.7 Å². The number of ether oxygens (including phenoxy) is 1. The van der Waals surface area contributed by atoms with E-state index in [0.717, 1.165) is 36.8 Å². The van der Waals surface area contributed by atoms with Gasteiger partial charge in [0.2, 0.25) is 0 Å². The first-order valence-corrected chi connectivity index (χ1v) is 10.5. The monoisotopic (exact) mass is 392 g/mol. The summed E-state index contributed by atoms with van der Waals surface area (Å²) in [6, 6.07) is 17.2. The van der Waals surface area contributed by atoms with Crippen LogP contribution in [-0.4, -0.2) is 34.5 Å². The molecule has 4 rings (SSSR count). The molecule has 0 radical (unpaired) electrons. The van der Waals surface area contributed by atoms with E-state index < -0.39 is 12.1 Å². The van der Waals surface area contributed by atoms with E-state index in [0.29, 0.717) is 29.9 Å². The Hall–Kier alpha value is -2.43. The minimum Gasteiger partial charge on any atom is -0.478 e. The molecule has 2 aliphatic rings. The molecule has 0 spiro atoms. The molecule has 4 heteroatoms. The second-order valence-electron chi connectivity index (χ2n) is 8.21. The molecular weight excluding hydrogens is 364 g/mol. The number of carboxylic acids is 1. The van der Waals surface area contributed by atoms with Gasteiger partial charge in [0.1, 0.15) is 0 Å². The molecule has 4 nitrogen and oxygen atoms in total. The minimum atomic E-state index is -0.891. The molecule has 2 saturated heterocycles. The van der Waals surface area contributed by atoms with E-state index in [1.807, 2.05) is 48.5 Å². The predicted octanol–water partition coefficient (Wildman–Crippen LogP) is 4.27. The number of hydrogen-bond acceptors (Lipinski definition) is 3. The van der Waals surface area contributed by atoms with Crippen molar-refractivity contribution in [1.29, 1.82) is 0 Å². The first-order chi connectivity index (χ1) is 14.1. The van der Waals surface area contributed by atoms with Crippen LogP contribution in [0.25, 0.3) is 0 Å². The molecule has 2 bridgehead atoms. The fourth-order valence-electron chi connectivity index (χ4n) is 4.78. The van der Waals surface area contributed by atoms with Crippen LogP contribution >= 0.6 is 0 Å². The zero-order chi connectivity index (χ0) is 20.2. The standard InChI is InChI=1S/C25H28O4/c26-20(16-18-4-2-1-3-5-18)11-13-22-21(23-14-15-24(22)29-23)12-8-17-6-9-19(10-7-17)25(27)28/h1-7,9-11,13,20-24,26H,8,12,14-16H2,(H,27,28)/b13-11+/t20?,21-,22-,23+,24-/m0/s1. The molecule has 1 unspecified atom stereocenters. The molecule has 0 aliphatic carbocycles. The van der Waals surface area contributed by atoms with Crippen LogP contribution in [0.1, 0.15) is 40.7 Å². The second-order valence-corrected chi connectivity index (χ2v) is 8.21. The van der Waals surface area contributed by atoms with Crippen molar-refractivity contribution in [2.75, 3.05) is 0 Å². The van der Waals surface area contributed by atoms with Crippen molar-refractivity contribution in [1.82, 2.24) is 0 Å². The average molecular weight is 392 g/mol. The Labute approximate surface area is 171 Å². The van der Waals surface area contributed by atoms with Gasteiger partial charge in [-0.15, -0.1) is 0 Å². The van der Waals surface area contributed by atoms with Gasteiger partial charge in [0.15, 0.2) is 0 Å². The number of aliphatic hydroxyl groups excluding tert-OH is 1. The molecule has 5 atom stereocenters. The largest absolute Gasteiger partial charge is 0.478 e. The lowest BCUT2D eigenvalue weighted by Crippen LogP contribution is -2.26. The molecule has 29 heavy (non-hydrogen) atoms. The van der Waals surface area contributed by atoms with Gasteiger partial charge in [-0.25, -0.2) is 4.79 Å². The lowest BCUT2D eigenvalue weighted by atomic mass is 9.76. The third-order valence-electron chi connectivity index (χ3n) is 6.30. The summed E-state index contributed by atoms with van der Waals surface area (Å²) in [7, 11) is 0. The van der Waals surface area contributed by atoms with Crippen molar-refractivity contribution in [2.24, 2.45) is 11.8 Å². The maximum Gasteiger partial charge on any atom is 0.335 e. The third kappa shape index (κ3) is 4.77. The van der Waals surface area contributed by atoms with E-state index in [-0.39, 0.29) is 6.10 Å². The van der Waals surface area contributed by atoms with Crippen molar-refractivity contribution in [3.05, 3.63) is 83.4 Å². The molecular formula is C25H28O4. The van der Waals surface area contributed by atoms with Crippen LogP contribution in [0.2, 0.25) is 0 Å². The van der Waals surface area contributed by atoms with Crippen molar-refractivity contribution in [3.8, 4) is 0 Å². The number of carbonyl (C=O) groups is 1. The van der Waals surface area contributed by atoms with Gasteiger partial charge < -0.3 is 14.9 Å². The highest BCUT2D eigenvalue weighted by atomic mass is 16.5. The number of hydrogen-bond donors (Lipinski definition) is 2. The summed E-state index contributed by atoms with van der Waals surface area (Å²) in [5.41, 5.74) is 2.62. The maximum atomic E-state index is 11.0. The smallest absolute Gasteiger partial charge is 0.335 e. The molecule has 2 fully saturated rings. The average Bonchev–Trinajstić information content (AvgIpc) is 3.33. The van der Waals surface area contributed by atoms with Crippen molar-refractivity contribution >= 4 is 5.97 Å². The Bertz CT molecular complexity index is 843. The molecule has 2 aromatic carbocycles. The highest BCUT2D eigenvalue weighted by molar-refractivity contribution is 5.87. The molecule has 152 valence electrons. The number of benzene rings is 2. The Morgan fingerprint density at radius 2 is 1.76 bits per heavy atom. The first-order valence-electron chi connectivity index (χ1n) is 10.5. The van der Waals surface area contributed by atoms with Crippen LogP contribution in [0.4, 0.5) is 0 Å². The molecule has 0 amide bonds. The zero-order valence-electron chi connectivity index (χ0n) is 16.5. The SMILES string of the molecule is O=C(O)c1ccc(CC[C@H]2[C@H](/C=C/C(O)Cc3ccccc3)[C@@H]3CC[C@H]2O3)cc1. The Morgan fingerprint density at radius 1 is 1.03 bits per heavy atom. The van der Waals surface area contributed by atoms with E-state index in [9.17, 15) is 9.90 Å². The minimum absolute atomic E-state index is 0.263. The lowest BCUT2D eigenvalue weighted by molar-refractivity contribution is 0.0697. The van der Waals surface area contributed by atoms with E-state index >= 15 is 0 Å². The third-order valence-corrected chi connectivity index (χ3v) is 6.30. The normalized spacial score (nSPS) is 26.8. The fraction of sp³-hybridized carbons (Fsp3) is 0.400. The topological polar surface area (TPSA) is 66.8 Å². The summed E-state index contributed by atoms with van der Waals surface area (Å²) in [6.45, 7) is 0. The quantitative estimate of drug-likeness (QED) is 0.659. The molecule has 2 heterocycles. The van der Waals surface area contributed by atoms with Gasteiger partial charge >= 0.3 is 5.97 Å². The summed E-state index contributed by atoms with van der Waals surface area (Å²) in [5, 5.41) is 19.5. The van der Waals surface area contributed by atoms with Crippen molar-refractivity contribution in [2.45, 2.75) is 50.4 Å². The van der Waals surface area contributed by atoms with Gasteiger partial charge in [0.25, 0.3) is 0 Å². The van der Waals surface area contributed by atoms with Crippen molar-refractivity contribution in [3.63, 3.8) is 0 Å². The molecule has 2 aliphatic heterocycles. The molecule has 2 aromatic rings. The molecule has 2 N–H and O–H groups in total. The van der Waals surface area contributed by atoms with Crippen LogP contribution in [0, 0.1) is 11.8 Å². The van der Waals surface area contributed by atoms with Gasteiger partial charge in [-0.3, -0.25) is 0 Å². The Morgan fingerprint density at radius 3 is 2.48 bits per heavy atom. The van der Waals surface area contributed by atoms with Crippen LogP contribution in [0.5, 0.6) is 0 Å². The number of aryl methyl sites for hydroxylation is 1. The van der Waals surface area contributed by atoms with Gasteiger partial charge in [0.05, 0.1) is 23.9 Å². The highest BCUT2D eigenvalue weighted by Gasteiger charge is 2.47. The van der Waals surface area contributed by atoms with Gasteiger partial charge in [-0.1, -0.05) is 54.6 Å². The number of carboxylic acid groups (broad SMARTS) is 1. The van der Waals surface area contributed by atoms with E-state index in [4.69, 9.17) is 9.84 Å². The zero-order valence-corrected chi connectivity index (χ0v) is 16.5. The maximum absolute atomic E-state index is 11.0. The van der Waals surface area contributed by atoms with Crippen LogP contribution in [-0.2, 0) is 17.6 Å². The van der Waals surface area contributed by atoms with E-state index in [1.54, 1.807) is 12.1 Å². The Balaban J connectivity index is 1.36. The number of aliphatic hydroxyl groups is 1. The summed E-state index contributed by atoms with van der Waals surface area (Å²) in [4.78, 5) is 11.0. The number of fused-ring (bicyclic) bond motifs is 2. The number of rotatable bonds is 8.